The van der Waals surface area contributed by atoms with Gasteiger partial charge in [-0.25, -0.2) is 0 Å². The van der Waals surface area contributed by atoms with Crippen molar-refractivity contribution >= 4 is 11.6 Å². The molecule has 0 amide bonds. The highest BCUT2D eigenvalue weighted by molar-refractivity contribution is 6.24. The first-order valence-electron chi connectivity index (χ1n) is 9.22. The summed E-state index contributed by atoms with van der Waals surface area (Å²) in [6.45, 7) is 11.0. The molecule has 0 saturated carbocycles. The van der Waals surface area contributed by atoms with Gasteiger partial charge in [0, 0.05) is 5.92 Å². The maximum Gasteiger partial charge on any atom is 0.176 e. The van der Waals surface area contributed by atoms with Crippen molar-refractivity contribution in [2.24, 2.45) is 17.8 Å². The summed E-state index contributed by atoms with van der Waals surface area (Å²) in [5, 5.41) is 32.3. The van der Waals surface area contributed by atoms with Gasteiger partial charge in [0.1, 0.15) is 17.4 Å². The molecule has 5 heteroatoms. The fraction of sp³-hybridized carbons (Fsp3) is 0.619. The van der Waals surface area contributed by atoms with Crippen molar-refractivity contribution in [2.75, 3.05) is 0 Å². The lowest BCUT2D eigenvalue weighted by Crippen LogP contribution is -2.48. The van der Waals surface area contributed by atoms with E-state index in [-0.39, 0.29) is 17.9 Å². The van der Waals surface area contributed by atoms with Crippen LogP contribution in [0.25, 0.3) is 0 Å². The number of hydrogen-bond acceptors (Lipinski definition) is 5. The molecule has 4 unspecified atom stereocenters. The average Bonchev–Trinajstić information content (AvgIpc) is 2.76. The third kappa shape index (κ3) is 4.33. The summed E-state index contributed by atoms with van der Waals surface area (Å²) in [5.41, 5.74) is -1.63. The first kappa shape index (κ1) is 22.3. The molecule has 0 bridgehead atoms. The maximum atomic E-state index is 12.9. The van der Waals surface area contributed by atoms with Gasteiger partial charge in [0.2, 0.25) is 0 Å². The van der Waals surface area contributed by atoms with Crippen LogP contribution in [0, 0.1) is 17.8 Å². The topological polar surface area (TPSA) is 94.8 Å². The van der Waals surface area contributed by atoms with Crippen molar-refractivity contribution < 1.29 is 24.9 Å². The summed E-state index contributed by atoms with van der Waals surface area (Å²) in [4.78, 5) is 25.5. The lowest BCUT2D eigenvalue weighted by molar-refractivity contribution is -0.131. The van der Waals surface area contributed by atoms with Crippen LogP contribution in [-0.2, 0) is 9.59 Å². The lowest BCUT2D eigenvalue weighted by Gasteiger charge is -2.32. The fourth-order valence-corrected chi connectivity index (χ4v) is 2.99. The van der Waals surface area contributed by atoms with Crippen LogP contribution < -0.4 is 0 Å². The van der Waals surface area contributed by atoms with Crippen LogP contribution in [0.5, 0.6) is 0 Å². The van der Waals surface area contributed by atoms with Crippen LogP contribution in [0.3, 0.4) is 0 Å². The molecular weight excluding hydrogens is 332 g/mol. The van der Waals surface area contributed by atoms with Gasteiger partial charge in [-0.1, -0.05) is 51.5 Å². The molecule has 1 aliphatic carbocycles. The first-order valence-corrected chi connectivity index (χ1v) is 9.22. The molecule has 1 rings (SSSR count). The molecule has 0 aromatic heterocycles. The summed E-state index contributed by atoms with van der Waals surface area (Å²) >= 11 is 0. The molecule has 26 heavy (non-hydrogen) atoms. The Hall–Kier alpha value is -1.72. The van der Waals surface area contributed by atoms with Gasteiger partial charge in [0.25, 0.3) is 0 Å². The van der Waals surface area contributed by atoms with Crippen molar-refractivity contribution in [3.05, 3.63) is 35.1 Å². The van der Waals surface area contributed by atoms with E-state index in [0.717, 1.165) is 5.57 Å². The molecular formula is C21H32O5. The molecule has 5 nitrogen and oxygen atoms in total. The monoisotopic (exact) mass is 364 g/mol. The minimum Gasteiger partial charge on any atom is -0.508 e. The molecule has 0 spiro atoms. The highest BCUT2D eigenvalue weighted by Crippen LogP contribution is 2.43. The molecule has 0 heterocycles. The van der Waals surface area contributed by atoms with Gasteiger partial charge in [0.05, 0.1) is 5.92 Å². The predicted octanol–water partition coefficient (Wildman–Crippen LogP) is 3.27. The predicted molar refractivity (Wildman–Crippen MR) is 102 cm³/mol. The fourth-order valence-electron chi connectivity index (χ4n) is 2.99. The second-order valence-electron chi connectivity index (χ2n) is 7.73. The molecule has 4 atom stereocenters. The molecule has 146 valence electrons. The van der Waals surface area contributed by atoms with E-state index in [2.05, 4.69) is 0 Å². The van der Waals surface area contributed by atoms with E-state index < -0.39 is 40.9 Å². The molecule has 1 aliphatic rings. The van der Waals surface area contributed by atoms with Crippen LogP contribution >= 0.6 is 0 Å². The van der Waals surface area contributed by atoms with Gasteiger partial charge in [-0.05, 0) is 32.6 Å². The highest BCUT2D eigenvalue weighted by Gasteiger charge is 2.58. The zero-order chi connectivity index (χ0) is 20.2. The quantitative estimate of drug-likeness (QED) is 0.454. The molecule has 0 aromatic carbocycles. The standard InChI is InChI=1S/C21H32O5/c1-7-14(6)18(23)17-19(24)15(10-8-12(2)3)21(26,20(17)25)16(22)11-9-13(4)5/h8-9,11,13-16,22,25-26H,7,10H2,1-6H3/b11-9+. The molecule has 0 radical (unpaired) electrons. The normalized spacial score (nSPS) is 25.9. The molecule has 0 aliphatic heterocycles. The Kier molecular flexibility index (Phi) is 7.54. The van der Waals surface area contributed by atoms with E-state index in [9.17, 15) is 24.9 Å². The van der Waals surface area contributed by atoms with Crippen molar-refractivity contribution in [1.82, 2.24) is 0 Å². The Balaban J connectivity index is 3.45. The number of carbonyl (C=O) groups excluding carboxylic acids is 2. The number of hydrogen-bond donors (Lipinski definition) is 3. The van der Waals surface area contributed by atoms with E-state index in [0.29, 0.717) is 6.42 Å². The second kappa shape index (κ2) is 8.78. The Morgan fingerprint density at radius 3 is 2.27 bits per heavy atom. The molecule has 0 aromatic rings. The van der Waals surface area contributed by atoms with E-state index in [1.165, 1.54) is 6.08 Å². The number of aliphatic hydroxyl groups excluding tert-OH is 2. The van der Waals surface area contributed by atoms with E-state index in [1.807, 2.05) is 34.6 Å². The van der Waals surface area contributed by atoms with Gasteiger partial charge < -0.3 is 15.3 Å². The number of rotatable bonds is 8. The van der Waals surface area contributed by atoms with E-state index >= 15 is 0 Å². The van der Waals surface area contributed by atoms with Crippen molar-refractivity contribution in [3.63, 3.8) is 0 Å². The summed E-state index contributed by atoms with van der Waals surface area (Å²) in [6, 6.07) is 0. The van der Waals surface area contributed by atoms with Gasteiger partial charge in [0.15, 0.2) is 17.2 Å². The third-order valence-corrected chi connectivity index (χ3v) is 4.91. The largest absolute Gasteiger partial charge is 0.508 e. The van der Waals surface area contributed by atoms with Crippen molar-refractivity contribution in [3.8, 4) is 0 Å². The number of allylic oxidation sites excluding steroid dienone is 4. The average molecular weight is 364 g/mol. The Bertz CT molecular complexity index is 637. The number of carbonyl (C=O) groups is 2. The van der Waals surface area contributed by atoms with Crippen LogP contribution in [-0.4, -0.2) is 38.6 Å². The summed E-state index contributed by atoms with van der Waals surface area (Å²) < 4.78 is 0. The van der Waals surface area contributed by atoms with Crippen molar-refractivity contribution in [1.29, 1.82) is 0 Å². The lowest BCUT2D eigenvalue weighted by atomic mass is 9.81. The number of ketones is 2. The van der Waals surface area contributed by atoms with Gasteiger partial charge in [-0.15, -0.1) is 0 Å². The van der Waals surface area contributed by atoms with Gasteiger partial charge in [-0.3, -0.25) is 9.59 Å². The highest BCUT2D eigenvalue weighted by atomic mass is 16.4. The molecule has 0 saturated heterocycles. The summed E-state index contributed by atoms with van der Waals surface area (Å²) in [5.74, 6) is -3.24. The zero-order valence-electron chi connectivity index (χ0n) is 16.6. The van der Waals surface area contributed by atoms with E-state index in [1.54, 1.807) is 19.1 Å². The zero-order valence-corrected chi connectivity index (χ0v) is 16.6. The van der Waals surface area contributed by atoms with Crippen LogP contribution in [0.4, 0.5) is 0 Å². The van der Waals surface area contributed by atoms with Gasteiger partial charge >= 0.3 is 0 Å². The molecule has 0 fully saturated rings. The minimum atomic E-state index is -2.20. The third-order valence-electron chi connectivity index (χ3n) is 4.91. The minimum absolute atomic E-state index is 0.119. The van der Waals surface area contributed by atoms with Crippen LogP contribution in [0.2, 0.25) is 0 Å². The smallest absolute Gasteiger partial charge is 0.176 e. The molecule has 3 N–H and O–H groups in total. The Morgan fingerprint density at radius 1 is 1.23 bits per heavy atom. The van der Waals surface area contributed by atoms with Crippen LogP contribution in [0.1, 0.15) is 54.4 Å². The first-order chi connectivity index (χ1) is 12.0. The van der Waals surface area contributed by atoms with Crippen molar-refractivity contribution in [2.45, 2.75) is 66.1 Å². The Morgan fingerprint density at radius 2 is 1.81 bits per heavy atom. The number of Topliss-reactive ketones (excluding diaryl/α,β-unsaturated/α-hetero) is 2. The van der Waals surface area contributed by atoms with Crippen LogP contribution in [0.15, 0.2) is 35.1 Å². The summed E-state index contributed by atoms with van der Waals surface area (Å²) in [7, 11) is 0. The number of aliphatic hydroxyl groups is 3. The summed E-state index contributed by atoms with van der Waals surface area (Å²) in [6.07, 6.45) is 3.97. The maximum absolute atomic E-state index is 12.9. The van der Waals surface area contributed by atoms with E-state index in [4.69, 9.17) is 0 Å². The Labute approximate surface area is 156 Å². The second-order valence-corrected chi connectivity index (χ2v) is 7.73. The van der Waals surface area contributed by atoms with Gasteiger partial charge in [-0.2, -0.15) is 0 Å². The SMILES string of the molecule is CCC(C)C(=O)C1=C(O)C(O)(C(O)/C=C/C(C)C)C(CC=C(C)C)C1=O.